The van der Waals surface area contributed by atoms with Gasteiger partial charge in [-0.25, -0.2) is 0 Å². The summed E-state index contributed by atoms with van der Waals surface area (Å²) in [5.74, 6) is 2.64. The Morgan fingerprint density at radius 3 is 3.00 bits per heavy atom. The molecule has 0 saturated carbocycles. The minimum absolute atomic E-state index is 0.0509. The fourth-order valence-electron chi connectivity index (χ4n) is 0.952. The number of hydrogen-bond acceptors (Lipinski definition) is 2. The molecule has 0 bridgehead atoms. The molecule has 0 amide bonds. The summed E-state index contributed by atoms with van der Waals surface area (Å²) in [6.07, 6.45) is 6.98. The highest BCUT2D eigenvalue weighted by Crippen LogP contribution is 2.19. The lowest BCUT2D eigenvalue weighted by Gasteiger charge is -2.07. The lowest BCUT2D eigenvalue weighted by Crippen LogP contribution is -2.18. The van der Waals surface area contributed by atoms with E-state index in [4.69, 9.17) is 10.8 Å². The van der Waals surface area contributed by atoms with Crippen molar-refractivity contribution in [2.75, 3.05) is 6.54 Å². The van der Waals surface area contributed by atoms with Gasteiger partial charge in [0.2, 0.25) is 0 Å². The van der Waals surface area contributed by atoms with Gasteiger partial charge in [0, 0.05) is 5.56 Å². The third-order valence-electron chi connectivity index (χ3n) is 1.50. The van der Waals surface area contributed by atoms with Crippen LogP contribution < -0.4 is 5.32 Å². The van der Waals surface area contributed by atoms with Crippen LogP contribution >= 0.6 is 15.9 Å². The Labute approximate surface area is 80.5 Å². The van der Waals surface area contributed by atoms with Gasteiger partial charge in [-0.05, 0) is 28.5 Å². The maximum absolute atomic E-state index is 5.33. The normalized spacial score (nSPS) is 12.4. The van der Waals surface area contributed by atoms with Gasteiger partial charge in [-0.3, -0.25) is 0 Å². The molecular weight excluding hydrogens is 218 g/mol. The van der Waals surface area contributed by atoms with E-state index in [2.05, 4.69) is 27.2 Å². The Bertz CT molecular complexity index is 287. The first-order chi connectivity index (χ1) is 5.77. The molecule has 1 aromatic rings. The summed E-state index contributed by atoms with van der Waals surface area (Å²) in [5, 5.41) is 3.14. The highest BCUT2D eigenvalue weighted by molar-refractivity contribution is 9.10. The average Bonchev–Trinajstić information content (AvgIpc) is 2.47. The van der Waals surface area contributed by atoms with Crippen molar-refractivity contribution in [3.05, 3.63) is 22.6 Å². The standard InChI is InChI=1S/C9H10BrNO/c1-3-8(11-4-2)7-5-9(10)12-6-7/h1,5-6,8,11H,4H2,2H3. The van der Waals surface area contributed by atoms with Crippen molar-refractivity contribution < 1.29 is 4.42 Å². The monoisotopic (exact) mass is 227 g/mol. The molecule has 1 heterocycles. The third-order valence-corrected chi connectivity index (χ3v) is 1.91. The van der Waals surface area contributed by atoms with Crippen LogP contribution in [-0.2, 0) is 0 Å². The smallest absolute Gasteiger partial charge is 0.169 e. The van der Waals surface area contributed by atoms with Gasteiger partial charge in [0.05, 0.1) is 12.3 Å². The molecule has 12 heavy (non-hydrogen) atoms. The first-order valence-electron chi connectivity index (χ1n) is 3.71. The van der Waals surface area contributed by atoms with Crippen molar-refractivity contribution >= 4 is 15.9 Å². The number of nitrogens with one attached hydrogen (secondary N) is 1. The Kier molecular flexibility index (Phi) is 3.39. The van der Waals surface area contributed by atoms with Crippen LogP contribution in [0.15, 0.2) is 21.4 Å². The maximum atomic E-state index is 5.33. The molecule has 0 aliphatic heterocycles. The lowest BCUT2D eigenvalue weighted by molar-refractivity contribution is 0.534. The molecule has 1 atom stereocenters. The highest BCUT2D eigenvalue weighted by atomic mass is 79.9. The number of halogens is 1. The fourth-order valence-corrected chi connectivity index (χ4v) is 1.31. The van der Waals surface area contributed by atoms with Crippen molar-refractivity contribution in [1.29, 1.82) is 0 Å². The van der Waals surface area contributed by atoms with E-state index in [1.165, 1.54) is 0 Å². The predicted octanol–water partition coefficient (Wildman–Crippen LogP) is 2.33. The van der Waals surface area contributed by atoms with E-state index in [0.29, 0.717) is 4.67 Å². The van der Waals surface area contributed by atoms with E-state index in [9.17, 15) is 0 Å². The Hall–Kier alpha value is -0.720. The Morgan fingerprint density at radius 2 is 2.58 bits per heavy atom. The first kappa shape index (κ1) is 9.37. The van der Waals surface area contributed by atoms with Crippen LogP contribution in [0.3, 0.4) is 0 Å². The summed E-state index contributed by atoms with van der Waals surface area (Å²) >= 11 is 3.22. The van der Waals surface area contributed by atoms with Crippen molar-refractivity contribution in [2.24, 2.45) is 0 Å². The van der Waals surface area contributed by atoms with Gasteiger partial charge in [-0.1, -0.05) is 12.8 Å². The topological polar surface area (TPSA) is 25.2 Å². The molecule has 0 aliphatic rings. The zero-order chi connectivity index (χ0) is 8.97. The van der Waals surface area contributed by atoms with Crippen LogP contribution in [0.5, 0.6) is 0 Å². The third kappa shape index (κ3) is 2.13. The second kappa shape index (κ2) is 4.34. The van der Waals surface area contributed by atoms with Crippen LogP contribution in [-0.4, -0.2) is 6.54 Å². The predicted molar refractivity (Wildman–Crippen MR) is 51.7 cm³/mol. The van der Waals surface area contributed by atoms with Gasteiger partial charge < -0.3 is 9.73 Å². The minimum atomic E-state index is -0.0509. The molecule has 0 aromatic carbocycles. The molecule has 0 aliphatic carbocycles. The first-order valence-corrected chi connectivity index (χ1v) is 4.50. The van der Waals surface area contributed by atoms with E-state index >= 15 is 0 Å². The van der Waals surface area contributed by atoms with E-state index in [1.807, 2.05) is 13.0 Å². The van der Waals surface area contributed by atoms with E-state index in [-0.39, 0.29) is 6.04 Å². The fraction of sp³-hybridized carbons (Fsp3) is 0.333. The molecule has 0 radical (unpaired) electrons. The van der Waals surface area contributed by atoms with Crippen molar-refractivity contribution in [2.45, 2.75) is 13.0 Å². The van der Waals surface area contributed by atoms with Crippen LogP contribution in [0, 0.1) is 12.3 Å². The molecular formula is C9H10BrNO. The summed E-state index contributed by atoms with van der Waals surface area (Å²) in [6.45, 7) is 2.86. The number of terminal acetylenes is 1. The van der Waals surface area contributed by atoms with Crippen LogP contribution in [0.4, 0.5) is 0 Å². The van der Waals surface area contributed by atoms with Crippen molar-refractivity contribution in [3.63, 3.8) is 0 Å². The summed E-state index contributed by atoms with van der Waals surface area (Å²) < 4.78 is 5.78. The number of furan rings is 1. The van der Waals surface area contributed by atoms with Gasteiger partial charge in [0.25, 0.3) is 0 Å². The number of rotatable bonds is 3. The molecule has 1 unspecified atom stereocenters. The van der Waals surface area contributed by atoms with Gasteiger partial charge in [0.1, 0.15) is 0 Å². The van der Waals surface area contributed by atoms with Gasteiger partial charge in [-0.2, -0.15) is 0 Å². The zero-order valence-electron chi connectivity index (χ0n) is 6.80. The summed E-state index contributed by atoms with van der Waals surface area (Å²) in [4.78, 5) is 0. The zero-order valence-corrected chi connectivity index (χ0v) is 8.39. The van der Waals surface area contributed by atoms with E-state index in [0.717, 1.165) is 12.1 Å². The van der Waals surface area contributed by atoms with Gasteiger partial charge >= 0.3 is 0 Å². The quantitative estimate of drug-likeness (QED) is 0.803. The maximum Gasteiger partial charge on any atom is 0.169 e. The van der Waals surface area contributed by atoms with Crippen LogP contribution in [0.25, 0.3) is 0 Å². The van der Waals surface area contributed by atoms with Gasteiger partial charge in [-0.15, -0.1) is 6.42 Å². The Morgan fingerprint density at radius 1 is 1.83 bits per heavy atom. The molecule has 0 fully saturated rings. The van der Waals surface area contributed by atoms with E-state index in [1.54, 1.807) is 6.26 Å². The van der Waals surface area contributed by atoms with Gasteiger partial charge in [0.15, 0.2) is 4.67 Å². The summed E-state index contributed by atoms with van der Waals surface area (Å²) in [7, 11) is 0. The SMILES string of the molecule is C#CC(NCC)c1coc(Br)c1. The summed E-state index contributed by atoms with van der Waals surface area (Å²) in [5.41, 5.74) is 0.978. The Balaban J connectivity index is 2.74. The second-order valence-corrected chi connectivity index (χ2v) is 3.12. The molecule has 64 valence electrons. The molecule has 2 nitrogen and oxygen atoms in total. The molecule has 0 saturated heterocycles. The van der Waals surface area contributed by atoms with Crippen LogP contribution in [0.1, 0.15) is 18.5 Å². The molecule has 1 N–H and O–H groups in total. The largest absolute Gasteiger partial charge is 0.457 e. The minimum Gasteiger partial charge on any atom is -0.457 e. The van der Waals surface area contributed by atoms with E-state index < -0.39 is 0 Å². The molecule has 3 heteroatoms. The average molecular weight is 228 g/mol. The summed E-state index contributed by atoms with van der Waals surface area (Å²) in [6, 6.07) is 1.82. The van der Waals surface area contributed by atoms with Crippen LogP contribution in [0.2, 0.25) is 0 Å². The second-order valence-electron chi connectivity index (χ2n) is 2.34. The molecule has 0 spiro atoms. The lowest BCUT2D eigenvalue weighted by atomic mass is 10.1. The molecule has 1 aromatic heterocycles. The number of hydrogen-bond donors (Lipinski definition) is 1. The molecule has 1 rings (SSSR count). The highest BCUT2D eigenvalue weighted by Gasteiger charge is 2.08. The van der Waals surface area contributed by atoms with Crippen molar-refractivity contribution in [1.82, 2.24) is 5.32 Å². The van der Waals surface area contributed by atoms with Crippen molar-refractivity contribution in [3.8, 4) is 12.3 Å².